The van der Waals surface area contributed by atoms with Crippen LogP contribution in [-0.2, 0) is 10.0 Å². The molecule has 1 aromatic carbocycles. The molecule has 1 aliphatic heterocycles. The highest BCUT2D eigenvalue weighted by molar-refractivity contribution is 7.89. The van der Waals surface area contributed by atoms with Crippen molar-refractivity contribution < 1.29 is 13.2 Å². The van der Waals surface area contributed by atoms with Crippen molar-refractivity contribution in [2.24, 2.45) is 5.92 Å². The molecule has 0 N–H and O–H groups in total. The molecule has 1 saturated heterocycles. The Labute approximate surface area is 173 Å². The molecule has 3 heterocycles. The van der Waals surface area contributed by atoms with Gasteiger partial charge in [0.15, 0.2) is 11.5 Å². The fourth-order valence-corrected chi connectivity index (χ4v) is 5.63. The summed E-state index contributed by atoms with van der Waals surface area (Å²) in [7, 11) is -3.61. The zero-order chi connectivity index (χ0) is 20.0. The molecule has 152 valence electrons. The molecule has 0 spiro atoms. The maximum atomic E-state index is 12.9. The van der Waals surface area contributed by atoms with Gasteiger partial charge in [0.2, 0.25) is 15.9 Å². The Bertz CT molecular complexity index is 1160. The van der Waals surface area contributed by atoms with Crippen molar-refractivity contribution >= 4 is 27.3 Å². The van der Waals surface area contributed by atoms with E-state index in [9.17, 15) is 8.42 Å². The standard InChI is InChI=1S/C19H20ClN5O3S/c20-15-3-1-2-4-16(15)29(26,27)24-10-9-13(11-24)12-28-18-8-7-17-21-22-19(14-5-6-14)25(17)23-18/h1-4,7-8,13-14H,5-6,9-12H2. The normalized spacial score (nSPS) is 20.4. The smallest absolute Gasteiger partial charge is 0.244 e. The molecule has 1 saturated carbocycles. The second-order valence-corrected chi connectivity index (χ2v) is 9.85. The van der Waals surface area contributed by atoms with Crippen LogP contribution in [0.5, 0.6) is 5.88 Å². The number of hydrogen-bond donors (Lipinski definition) is 0. The van der Waals surface area contributed by atoms with E-state index in [1.165, 1.54) is 10.4 Å². The Morgan fingerprint density at radius 3 is 2.72 bits per heavy atom. The van der Waals surface area contributed by atoms with E-state index in [0.717, 1.165) is 25.1 Å². The van der Waals surface area contributed by atoms with E-state index in [4.69, 9.17) is 16.3 Å². The second-order valence-electron chi connectivity index (χ2n) is 7.53. The van der Waals surface area contributed by atoms with Gasteiger partial charge in [0.25, 0.3) is 0 Å². The Balaban J connectivity index is 1.25. The van der Waals surface area contributed by atoms with Gasteiger partial charge in [-0.1, -0.05) is 23.7 Å². The number of ether oxygens (including phenoxy) is 1. The molecule has 1 aliphatic carbocycles. The van der Waals surface area contributed by atoms with Crippen LogP contribution in [0.25, 0.3) is 5.65 Å². The van der Waals surface area contributed by atoms with Crippen LogP contribution in [0.3, 0.4) is 0 Å². The van der Waals surface area contributed by atoms with Crippen LogP contribution in [0.15, 0.2) is 41.3 Å². The number of rotatable bonds is 6. The Morgan fingerprint density at radius 1 is 1.10 bits per heavy atom. The fraction of sp³-hybridized carbons (Fsp3) is 0.421. The molecule has 10 heteroatoms. The monoisotopic (exact) mass is 433 g/mol. The van der Waals surface area contributed by atoms with Gasteiger partial charge in [-0.2, -0.15) is 8.82 Å². The molecule has 2 aliphatic rings. The number of aromatic nitrogens is 4. The predicted molar refractivity (Wildman–Crippen MR) is 107 cm³/mol. The summed E-state index contributed by atoms with van der Waals surface area (Å²) in [5.41, 5.74) is 0.706. The topological polar surface area (TPSA) is 89.7 Å². The number of nitrogens with zero attached hydrogens (tertiary/aromatic N) is 5. The summed E-state index contributed by atoms with van der Waals surface area (Å²) in [5, 5.41) is 13.1. The van der Waals surface area contributed by atoms with Gasteiger partial charge in [-0.15, -0.1) is 15.3 Å². The van der Waals surface area contributed by atoms with Gasteiger partial charge < -0.3 is 4.74 Å². The maximum absolute atomic E-state index is 12.9. The minimum atomic E-state index is -3.61. The third kappa shape index (κ3) is 3.58. The van der Waals surface area contributed by atoms with Gasteiger partial charge in [-0.25, -0.2) is 8.42 Å². The molecule has 2 fully saturated rings. The number of halogens is 1. The van der Waals surface area contributed by atoms with Crippen molar-refractivity contribution in [1.82, 2.24) is 24.1 Å². The van der Waals surface area contributed by atoms with Gasteiger partial charge in [-0.3, -0.25) is 0 Å². The van der Waals surface area contributed by atoms with Crippen molar-refractivity contribution in [3.05, 3.63) is 47.2 Å². The lowest BCUT2D eigenvalue weighted by Gasteiger charge is -2.17. The summed E-state index contributed by atoms with van der Waals surface area (Å²) in [6.07, 6.45) is 2.96. The third-order valence-corrected chi connectivity index (χ3v) is 7.74. The average Bonchev–Trinajstić information content (AvgIpc) is 3.28. The summed E-state index contributed by atoms with van der Waals surface area (Å²) in [4.78, 5) is 0.149. The van der Waals surface area contributed by atoms with E-state index < -0.39 is 10.0 Å². The molecule has 0 radical (unpaired) electrons. The van der Waals surface area contributed by atoms with E-state index in [2.05, 4.69) is 15.3 Å². The second kappa shape index (κ2) is 7.23. The van der Waals surface area contributed by atoms with Crippen molar-refractivity contribution in [2.75, 3.05) is 19.7 Å². The summed E-state index contributed by atoms with van der Waals surface area (Å²) in [6, 6.07) is 10.1. The highest BCUT2D eigenvalue weighted by Crippen LogP contribution is 2.38. The van der Waals surface area contributed by atoms with Crippen molar-refractivity contribution in [3.63, 3.8) is 0 Å². The van der Waals surface area contributed by atoms with E-state index in [1.807, 2.05) is 6.07 Å². The first-order valence-corrected chi connectivity index (χ1v) is 11.4. The third-order valence-electron chi connectivity index (χ3n) is 5.37. The van der Waals surface area contributed by atoms with Crippen LogP contribution >= 0.6 is 11.6 Å². The fourth-order valence-electron chi connectivity index (χ4n) is 3.61. The van der Waals surface area contributed by atoms with Crippen molar-refractivity contribution in [1.29, 1.82) is 0 Å². The molecule has 1 unspecified atom stereocenters. The van der Waals surface area contributed by atoms with Crippen LogP contribution in [0.2, 0.25) is 5.02 Å². The molecule has 3 aromatic rings. The molecule has 2 aromatic heterocycles. The maximum Gasteiger partial charge on any atom is 0.244 e. The first kappa shape index (κ1) is 18.8. The van der Waals surface area contributed by atoms with Gasteiger partial charge in [-0.05, 0) is 37.5 Å². The minimum absolute atomic E-state index is 0.0913. The first-order valence-electron chi connectivity index (χ1n) is 9.62. The molecular formula is C19H20ClN5O3S. The van der Waals surface area contributed by atoms with Crippen LogP contribution in [0, 0.1) is 5.92 Å². The number of sulfonamides is 1. The van der Waals surface area contributed by atoms with Gasteiger partial charge >= 0.3 is 0 Å². The van der Waals surface area contributed by atoms with Gasteiger partial charge in [0.05, 0.1) is 11.6 Å². The molecule has 0 bridgehead atoms. The van der Waals surface area contributed by atoms with Crippen molar-refractivity contribution in [3.8, 4) is 5.88 Å². The zero-order valence-electron chi connectivity index (χ0n) is 15.6. The summed E-state index contributed by atoms with van der Waals surface area (Å²) < 4.78 is 34.8. The molecule has 8 nitrogen and oxygen atoms in total. The quantitative estimate of drug-likeness (QED) is 0.593. The van der Waals surface area contributed by atoms with Crippen LogP contribution < -0.4 is 4.74 Å². The molecule has 29 heavy (non-hydrogen) atoms. The van der Waals surface area contributed by atoms with E-state index >= 15 is 0 Å². The van der Waals surface area contributed by atoms with Crippen LogP contribution in [0.1, 0.15) is 31.0 Å². The van der Waals surface area contributed by atoms with Crippen LogP contribution in [0.4, 0.5) is 0 Å². The Morgan fingerprint density at radius 2 is 1.93 bits per heavy atom. The van der Waals surface area contributed by atoms with Gasteiger partial charge in [0.1, 0.15) is 4.90 Å². The highest BCUT2D eigenvalue weighted by atomic mass is 35.5. The van der Waals surface area contributed by atoms with E-state index in [0.29, 0.717) is 37.1 Å². The average molecular weight is 434 g/mol. The molecular weight excluding hydrogens is 414 g/mol. The zero-order valence-corrected chi connectivity index (χ0v) is 17.2. The van der Waals surface area contributed by atoms with Gasteiger partial charge in [0, 0.05) is 31.0 Å². The lowest BCUT2D eigenvalue weighted by Crippen LogP contribution is -2.30. The van der Waals surface area contributed by atoms with Crippen molar-refractivity contribution in [2.45, 2.75) is 30.1 Å². The Hall–Kier alpha value is -2.23. The lowest BCUT2D eigenvalue weighted by atomic mass is 10.1. The Kier molecular flexibility index (Phi) is 4.68. The summed E-state index contributed by atoms with van der Waals surface area (Å²) in [5.74, 6) is 1.90. The largest absolute Gasteiger partial charge is 0.476 e. The first-order chi connectivity index (χ1) is 14.0. The highest BCUT2D eigenvalue weighted by Gasteiger charge is 2.34. The van der Waals surface area contributed by atoms with E-state index in [-0.39, 0.29) is 15.8 Å². The predicted octanol–water partition coefficient (Wildman–Crippen LogP) is 2.74. The lowest BCUT2D eigenvalue weighted by molar-refractivity contribution is 0.243. The molecule has 5 rings (SSSR count). The molecule has 0 amide bonds. The summed E-state index contributed by atoms with van der Waals surface area (Å²) >= 11 is 6.09. The number of fused-ring (bicyclic) bond motifs is 1. The van der Waals surface area contributed by atoms with Crippen LogP contribution in [-0.4, -0.2) is 52.2 Å². The molecule has 1 atom stereocenters. The number of hydrogen-bond acceptors (Lipinski definition) is 6. The SMILES string of the molecule is O=S(=O)(c1ccccc1Cl)N1CCC(COc2ccc3nnc(C4CC4)n3n2)C1. The minimum Gasteiger partial charge on any atom is -0.476 e. The van der Waals surface area contributed by atoms with E-state index in [1.54, 1.807) is 28.8 Å². The summed E-state index contributed by atoms with van der Waals surface area (Å²) in [6.45, 7) is 1.25. The number of benzene rings is 1.